The first-order valence-electron chi connectivity index (χ1n) is 5.84. The Morgan fingerprint density at radius 3 is 2.04 bits per heavy atom. The van der Waals surface area contributed by atoms with Crippen LogP contribution in [0.25, 0.3) is 0 Å². The molecule has 0 unspecified atom stereocenters. The van der Waals surface area contributed by atoms with Crippen LogP contribution in [0.5, 0.6) is 0 Å². The minimum Gasteiger partial charge on any atom is -0.280 e. The molecule has 0 saturated carbocycles. The monoisotopic (exact) mass is 447 g/mol. The van der Waals surface area contributed by atoms with Crippen LogP contribution in [0.2, 0.25) is 10.0 Å². The number of hydrogen-bond donors (Lipinski definition) is 1. The van der Waals surface area contributed by atoms with Gasteiger partial charge in [0.15, 0.2) is 0 Å². The average molecular weight is 449 g/mol. The number of sulfonamides is 1. The molecule has 0 heterocycles. The molecule has 2 aromatic rings. The first-order valence-corrected chi connectivity index (χ1v) is 8.87. The van der Waals surface area contributed by atoms with Crippen LogP contribution in [0.15, 0.2) is 45.8 Å². The number of rotatable bonds is 3. The summed E-state index contributed by atoms with van der Waals surface area (Å²) in [5.74, 6) is 0. The number of anilines is 1. The van der Waals surface area contributed by atoms with E-state index in [1.165, 1.54) is 18.2 Å². The second kappa shape index (κ2) is 6.51. The van der Waals surface area contributed by atoms with Crippen molar-refractivity contribution in [2.45, 2.75) is 11.1 Å². The molecule has 0 bridgehead atoms. The van der Waals surface area contributed by atoms with Gasteiger partial charge in [0.2, 0.25) is 0 Å². The van der Waals surface area contributed by atoms with Gasteiger partial charge in [0.05, 0.1) is 16.1 Å². The highest BCUT2D eigenvalue weighted by molar-refractivity contribution is 9.10. The van der Waals surface area contributed by atoms with Crippen LogP contribution in [0.1, 0.15) is 5.56 Å². The van der Waals surface area contributed by atoms with E-state index in [9.17, 15) is 21.6 Å². The molecule has 0 aromatic heterocycles. The Balaban J connectivity index is 2.45. The lowest BCUT2D eigenvalue weighted by molar-refractivity contribution is -0.137. The molecule has 23 heavy (non-hydrogen) atoms. The third-order valence-electron chi connectivity index (χ3n) is 2.62. The zero-order chi connectivity index (χ0) is 17.4. The van der Waals surface area contributed by atoms with Crippen molar-refractivity contribution in [3.05, 3.63) is 56.5 Å². The first-order chi connectivity index (χ1) is 10.5. The summed E-state index contributed by atoms with van der Waals surface area (Å²) in [6.07, 6.45) is -4.67. The lowest BCUT2D eigenvalue weighted by Crippen LogP contribution is -2.15. The number of halogens is 6. The molecule has 0 amide bonds. The Hall–Kier alpha value is -0.960. The molecule has 124 valence electrons. The largest absolute Gasteiger partial charge is 0.416 e. The third-order valence-corrected chi connectivity index (χ3v) is 4.88. The van der Waals surface area contributed by atoms with Gasteiger partial charge in [-0.2, -0.15) is 13.2 Å². The van der Waals surface area contributed by atoms with E-state index in [-0.39, 0.29) is 20.2 Å². The zero-order valence-corrected chi connectivity index (χ0v) is 14.9. The van der Waals surface area contributed by atoms with E-state index < -0.39 is 26.7 Å². The SMILES string of the molecule is O=S(=O)(Nc1cc(Cl)cc(Cl)c1)c1cc(Br)cc(C(F)(F)F)c1. The first kappa shape index (κ1) is 18.4. The Bertz CT molecular complexity index is 837. The lowest BCUT2D eigenvalue weighted by Gasteiger charge is -2.12. The summed E-state index contributed by atoms with van der Waals surface area (Å²) >= 11 is 14.4. The summed E-state index contributed by atoms with van der Waals surface area (Å²) < 4.78 is 65.1. The van der Waals surface area contributed by atoms with Crippen molar-refractivity contribution in [1.82, 2.24) is 0 Å². The minimum atomic E-state index is -4.67. The molecule has 0 spiro atoms. The van der Waals surface area contributed by atoms with Gasteiger partial charge in [0.25, 0.3) is 10.0 Å². The molecular formula is C13H7BrCl2F3NO2S. The number of hydrogen-bond acceptors (Lipinski definition) is 2. The third kappa shape index (κ3) is 4.76. The van der Waals surface area contributed by atoms with Crippen molar-refractivity contribution in [3.63, 3.8) is 0 Å². The fraction of sp³-hybridized carbons (Fsp3) is 0.0769. The summed E-state index contributed by atoms with van der Waals surface area (Å²) in [7, 11) is -4.25. The van der Waals surface area contributed by atoms with Gasteiger partial charge in [-0.3, -0.25) is 4.72 Å². The molecule has 1 N–H and O–H groups in total. The van der Waals surface area contributed by atoms with E-state index in [2.05, 4.69) is 20.7 Å². The molecule has 0 aliphatic rings. The van der Waals surface area contributed by atoms with Crippen LogP contribution in [-0.4, -0.2) is 8.42 Å². The van der Waals surface area contributed by atoms with Gasteiger partial charge in [-0.25, -0.2) is 8.42 Å². The highest BCUT2D eigenvalue weighted by Crippen LogP contribution is 2.33. The summed E-state index contributed by atoms with van der Waals surface area (Å²) in [5.41, 5.74) is -1.05. The topological polar surface area (TPSA) is 46.2 Å². The fourth-order valence-electron chi connectivity index (χ4n) is 1.71. The molecule has 2 rings (SSSR count). The van der Waals surface area contributed by atoms with Crippen LogP contribution in [0.4, 0.5) is 18.9 Å². The van der Waals surface area contributed by atoms with Crippen molar-refractivity contribution in [3.8, 4) is 0 Å². The highest BCUT2D eigenvalue weighted by atomic mass is 79.9. The van der Waals surface area contributed by atoms with Crippen LogP contribution in [-0.2, 0) is 16.2 Å². The van der Waals surface area contributed by atoms with Gasteiger partial charge in [-0.05, 0) is 36.4 Å². The molecule has 2 aromatic carbocycles. The van der Waals surface area contributed by atoms with Crippen LogP contribution in [0.3, 0.4) is 0 Å². The van der Waals surface area contributed by atoms with Gasteiger partial charge in [0, 0.05) is 14.5 Å². The summed E-state index contributed by atoms with van der Waals surface area (Å²) in [6, 6.07) is 6.35. The van der Waals surface area contributed by atoms with E-state index in [1.54, 1.807) is 0 Å². The Morgan fingerprint density at radius 1 is 0.957 bits per heavy atom. The predicted octanol–water partition coefficient (Wildman–Crippen LogP) is 5.58. The van der Waals surface area contributed by atoms with Crippen molar-refractivity contribution < 1.29 is 21.6 Å². The molecule has 10 heteroatoms. The normalized spacial score (nSPS) is 12.3. The second-order valence-corrected chi connectivity index (χ2v) is 7.91. The van der Waals surface area contributed by atoms with Gasteiger partial charge < -0.3 is 0 Å². The Kier molecular flexibility index (Phi) is 5.20. The number of alkyl halides is 3. The highest BCUT2D eigenvalue weighted by Gasteiger charge is 2.32. The quantitative estimate of drug-likeness (QED) is 0.666. The van der Waals surface area contributed by atoms with Crippen molar-refractivity contribution in [1.29, 1.82) is 0 Å². The average Bonchev–Trinajstić information content (AvgIpc) is 2.34. The number of benzene rings is 2. The van der Waals surface area contributed by atoms with Crippen LogP contribution in [0, 0.1) is 0 Å². The Labute approximate surface area is 148 Å². The standard InChI is InChI=1S/C13H7BrCl2F3NO2S/c14-8-1-7(13(17,18)19)2-12(3-8)23(21,22)20-11-5-9(15)4-10(16)6-11/h1-6,20H. The van der Waals surface area contributed by atoms with Crippen LogP contribution >= 0.6 is 39.1 Å². The molecular weight excluding hydrogens is 442 g/mol. The van der Waals surface area contributed by atoms with Gasteiger partial charge in [0.1, 0.15) is 0 Å². The Morgan fingerprint density at radius 2 is 1.52 bits per heavy atom. The molecule has 3 nitrogen and oxygen atoms in total. The minimum absolute atomic E-state index is 0.0168. The van der Waals surface area contributed by atoms with Crippen molar-refractivity contribution in [2.75, 3.05) is 4.72 Å². The molecule has 0 fully saturated rings. The zero-order valence-electron chi connectivity index (χ0n) is 11.0. The van der Waals surface area contributed by atoms with Crippen molar-refractivity contribution >= 4 is 54.8 Å². The van der Waals surface area contributed by atoms with E-state index >= 15 is 0 Å². The molecule has 0 aliphatic carbocycles. The van der Waals surface area contributed by atoms with Gasteiger partial charge in [-0.15, -0.1) is 0 Å². The smallest absolute Gasteiger partial charge is 0.280 e. The maximum Gasteiger partial charge on any atom is 0.416 e. The molecule has 0 saturated heterocycles. The maximum atomic E-state index is 12.8. The van der Waals surface area contributed by atoms with Gasteiger partial charge >= 0.3 is 6.18 Å². The van der Waals surface area contributed by atoms with E-state index in [4.69, 9.17) is 23.2 Å². The number of nitrogens with one attached hydrogen (secondary N) is 1. The van der Waals surface area contributed by atoms with E-state index in [1.807, 2.05) is 0 Å². The fourth-order valence-corrected chi connectivity index (χ4v) is 3.99. The van der Waals surface area contributed by atoms with Crippen molar-refractivity contribution in [2.24, 2.45) is 0 Å². The van der Waals surface area contributed by atoms with E-state index in [0.29, 0.717) is 6.07 Å². The molecule has 0 atom stereocenters. The summed E-state index contributed by atoms with van der Waals surface area (Å²) in [5, 5.41) is 0.362. The maximum absolute atomic E-state index is 12.8. The summed E-state index contributed by atoms with van der Waals surface area (Å²) in [6.45, 7) is 0. The predicted molar refractivity (Wildman–Crippen MR) is 86.4 cm³/mol. The summed E-state index contributed by atoms with van der Waals surface area (Å²) in [4.78, 5) is -0.546. The second-order valence-electron chi connectivity index (χ2n) is 4.44. The van der Waals surface area contributed by atoms with Gasteiger partial charge in [-0.1, -0.05) is 39.1 Å². The lowest BCUT2D eigenvalue weighted by atomic mass is 10.2. The molecule has 0 radical (unpaired) electrons. The van der Waals surface area contributed by atoms with Crippen LogP contribution < -0.4 is 4.72 Å². The van der Waals surface area contributed by atoms with E-state index in [0.717, 1.165) is 12.1 Å². The molecule has 0 aliphatic heterocycles.